The summed E-state index contributed by atoms with van der Waals surface area (Å²) in [5.41, 5.74) is 0.592. The van der Waals surface area contributed by atoms with Crippen LogP contribution in [0.5, 0.6) is 5.75 Å². The Hall–Kier alpha value is -1.55. The minimum atomic E-state index is -0.197. The van der Waals surface area contributed by atoms with Gasteiger partial charge >= 0.3 is 0 Å². The summed E-state index contributed by atoms with van der Waals surface area (Å²) in [5.74, 6) is 0.848. The van der Waals surface area contributed by atoms with Gasteiger partial charge in [0.25, 0.3) is 0 Å². The molecule has 2 N–H and O–H groups in total. The molecule has 0 heterocycles. The van der Waals surface area contributed by atoms with E-state index in [1.807, 2.05) is 31.3 Å². The zero-order chi connectivity index (χ0) is 12.3. The number of methoxy groups -OCH3 is 1. The molecule has 0 radical (unpaired) electrons. The van der Waals surface area contributed by atoms with Gasteiger partial charge in [0, 0.05) is 18.3 Å². The first kappa shape index (κ1) is 11.9. The van der Waals surface area contributed by atoms with Crippen molar-refractivity contribution in [3.8, 4) is 5.75 Å². The van der Waals surface area contributed by atoms with E-state index in [1.54, 1.807) is 7.11 Å². The first-order valence-corrected chi connectivity index (χ1v) is 5.80. The minimum Gasteiger partial charge on any atom is -0.497 e. The van der Waals surface area contributed by atoms with Crippen LogP contribution in [0.15, 0.2) is 24.3 Å². The van der Waals surface area contributed by atoms with Crippen molar-refractivity contribution in [2.24, 2.45) is 5.41 Å². The molecule has 1 amide bonds. The Bertz CT molecular complexity index is 414. The molecule has 4 nitrogen and oxygen atoms in total. The van der Waals surface area contributed by atoms with Gasteiger partial charge < -0.3 is 15.4 Å². The lowest BCUT2D eigenvalue weighted by Gasteiger charge is -2.15. The summed E-state index contributed by atoms with van der Waals surface area (Å²) in [5, 5.41) is 6.02. The lowest BCUT2D eigenvalue weighted by atomic mass is 10.1. The first-order valence-electron chi connectivity index (χ1n) is 5.80. The van der Waals surface area contributed by atoms with E-state index < -0.39 is 0 Å². The van der Waals surface area contributed by atoms with Gasteiger partial charge in [0.2, 0.25) is 5.91 Å². The molecule has 0 aliphatic heterocycles. The fourth-order valence-corrected chi connectivity index (χ4v) is 1.94. The van der Waals surface area contributed by atoms with E-state index in [0.29, 0.717) is 0 Å². The lowest BCUT2D eigenvalue weighted by molar-refractivity contribution is -0.120. The number of anilines is 1. The van der Waals surface area contributed by atoms with E-state index in [4.69, 9.17) is 4.74 Å². The highest BCUT2D eigenvalue weighted by molar-refractivity contribution is 5.97. The highest BCUT2D eigenvalue weighted by Crippen LogP contribution is 2.45. The molecule has 92 valence electrons. The molecule has 0 saturated heterocycles. The molecule has 4 heteroatoms. The van der Waals surface area contributed by atoms with Crippen molar-refractivity contribution in [3.05, 3.63) is 24.3 Å². The summed E-state index contributed by atoms with van der Waals surface area (Å²) in [6, 6.07) is 7.42. The third-order valence-electron chi connectivity index (χ3n) is 3.18. The van der Waals surface area contributed by atoms with E-state index >= 15 is 0 Å². The summed E-state index contributed by atoms with van der Waals surface area (Å²) < 4.78 is 5.12. The number of hydrogen-bond donors (Lipinski definition) is 2. The molecule has 0 unspecified atom stereocenters. The average molecular weight is 234 g/mol. The van der Waals surface area contributed by atoms with Crippen LogP contribution in [-0.2, 0) is 4.79 Å². The molecule has 0 atom stereocenters. The second kappa shape index (κ2) is 4.75. The van der Waals surface area contributed by atoms with Crippen LogP contribution in [0.2, 0.25) is 0 Å². The summed E-state index contributed by atoms with van der Waals surface area (Å²) in [4.78, 5) is 12.1. The lowest BCUT2D eigenvalue weighted by Crippen LogP contribution is -2.32. The second-order valence-corrected chi connectivity index (χ2v) is 4.50. The zero-order valence-corrected chi connectivity index (χ0v) is 10.2. The van der Waals surface area contributed by atoms with Crippen LogP contribution in [0.3, 0.4) is 0 Å². The van der Waals surface area contributed by atoms with Crippen LogP contribution in [0, 0.1) is 5.41 Å². The fraction of sp³-hybridized carbons (Fsp3) is 0.462. The maximum absolute atomic E-state index is 12.1. The normalized spacial score (nSPS) is 16.4. The highest BCUT2D eigenvalue weighted by atomic mass is 16.5. The van der Waals surface area contributed by atoms with Crippen molar-refractivity contribution in [1.82, 2.24) is 5.32 Å². The molecule has 1 aromatic rings. The Balaban J connectivity index is 2.03. The number of benzene rings is 1. The van der Waals surface area contributed by atoms with Crippen LogP contribution in [-0.4, -0.2) is 26.6 Å². The number of amides is 1. The van der Waals surface area contributed by atoms with Crippen molar-refractivity contribution < 1.29 is 9.53 Å². The zero-order valence-electron chi connectivity index (χ0n) is 10.2. The van der Waals surface area contributed by atoms with Gasteiger partial charge in [0.05, 0.1) is 12.5 Å². The van der Waals surface area contributed by atoms with Crippen molar-refractivity contribution in [2.75, 3.05) is 26.0 Å². The number of rotatable bonds is 5. The molecule has 1 aromatic carbocycles. The molecule has 1 saturated carbocycles. The van der Waals surface area contributed by atoms with E-state index in [2.05, 4.69) is 10.6 Å². The second-order valence-electron chi connectivity index (χ2n) is 4.50. The van der Waals surface area contributed by atoms with E-state index in [9.17, 15) is 4.79 Å². The topological polar surface area (TPSA) is 50.4 Å². The van der Waals surface area contributed by atoms with Gasteiger partial charge in [-0.1, -0.05) is 6.07 Å². The molecule has 1 aliphatic carbocycles. The van der Waals surface area contributed by atoms with Crippen LogP contribution in [0.4, 0.5) is 5.69 Å². The Morgan fingerprint density at radius 1 is 1.47 bits per heavy atom. The Labute approximate surface area is 101 Å². The summed E-state index contributed by atoms with van der Waals surface area (Å²) in [6.07, 6.45) is 1.92. The number of nitrogens with one attached hydrogen (secondary N) is 2. The van der Waals surface area contributed by atoms with Crippen molar-refractivity contribution in [3.63, 3.8) is 0 Å². The largest absolute Gasteiger partial charge is 0.497 e. The van der Waals surface area contributed by atoms with Crippen molar-refractivity contribution in [2.45, 2.75) is 12.8 Å². The summed E-state index contributed by atoms with van der Waals surface area (Å²) >= 11 is 0. The van der Waals surface area contributed by atoms with E-state index in [1.165, 1.54) is 0 Å². The number of hydrogen-bond acceptors (Lipinski definition) is 3. The monoisotopic (exact) mass is 234 g/mol. The standard InChI is InChI=1S/C13H18N2O2/c1-14-9-13(6-7-13)12(16)15-10-4-3-5-11(8-10)17-2/h3-5,8,14H,6-7,9H2,1-2H3,(H,15,16). The molecule has 0 spiro atoms. The molecule has 0 bridgehead atoms. The Morgan fingerprint density at radius 2 is 2.24 bits per heavy atom. The average Bonchev–Trinajstić information content (AvgIpc) is 3.11. The predicted molar refractivity (Wildman–Crippen MR) is 67.2 cm³/mol. The molecule has 2 rings (SSSR count). The van der Waals surface area contributed by atoms with Gasteiger partial charge in [0.1, 0.15) is 5.75 Å². The molecule has 1 fully saturated rings. The van der Waals surface area contributed by atoms with Crippen LogP contribution >= 0.6 is 0 Å². The van der Waals surface area contributed by atoms with E-state index in [0.717, 1.165) is 30.8 Å². The van der Waals surface area contributed by atoms with Gasteiger partial charge in [0.15, 0.2) is 0 Å². The number of carbonyl (C=O) groups is 1. The SMILES string of the molecule is CNCC1(C(=O)Nc2cccc(OC)c2)CC1. The van der Waals surface area contributed by atoms with Gasteiger partial charge in [-0.05, 0) is 32.0 Å². The summed E-state index contributed by atoms with van der Waals surface area (Å²) in [7, 11) is 3.49. The third-order valence-corrected chi connectivity index (χ3v) is 3.18. The van der Waals surface area contributed by atoms with Crippen LogP contribution in [0.25, 0.3) is 0 Å². The minimum absolute atomic E-state index is 0.0973. The Morgan fingerprint density at radius 3 is 2.82 bits per heavy atom. The third kappa shape index (κ3) is 2.58. The number of carbonyl (C=O) groups excluding carboxylic acids is 1. The van der Waals surface area contributed by atoms with Crippen LogP contribution in [0.1, 0.15) is 12.8 Å². The van der Waals surface area contributed by atoms with Crippen molar-refractivity contribution >= 4 is 11.6 Å². The maximum Gasteiger partial charge on any atom is 0.231 e. The van der Waals surface area contributed by atoms with Gasteiger partial charge in [-0.2, -0.15) is 0 Å². The quantitative estimate of drug-likeness (QED) is 0.814. The van der Waals surface area contributed by atoms with Gasteiger partial charge in [-0.3, -0.25) is 4.79 Å². The maximum atomic E-state index is 12.1. The molecule has 1 aliphatic rings. The smallest absolute Gasteiger partial charge is 0.231 e. The first-order chi connectivity index (χ1) is 8.20. The van der Waals surface area contributed by atoms with Gasteiger partial charge in [-0.25, -0.2) is 0 Å². The predicted octanol–water partition coefficient (Wildman–Crippen LogP) is 1.63. The van der Waals surface area contributed by atoms with E-state index in [-0.39, 0.29) is 11.3 Å². The molecular weight excluding hydrogens is 216 g/mol. The number of ether oxygens (including phenoxy) is 1. The molecule has 0 aromatic heterocycles. The Kier molecular flexibility index (Phi) is 3.33. The molecule has 17 heavy (non-hydrogen) atoms. The fourth-order valence-electron chi connectivity index (χ4n) is 1.94. The van der Waals surface area contributed by atoms with Gasteiger partial charge in [-0.15, -0.1) is 0 Å². The highest BCUT2D eigenvalue weighted by Gasteiger charge is 2.49. The molecular formula is C13H18N2O2. The van der Waals surface area contributed by atoms with Crippen LogP contribution < -0.4 is 15.4 Å². The summed E-state index contributed by atoms with van der Waals surface area (Å²) in [6.45, 7) is 0.739. The van der Waals surface area contributed by atoms with Crippen molar-refractivity contribution in [1.29, 1.82) is 0 Å².